The van der Waals surface area contributed by atoms with Gasteiger partial charge in [0.05, 0.1) is 7.11 Å². The van der Waals surface area contributed by atoms with Crippen LogP contribution in [0.15, 0.2) is 24.3 Å². The maximum atomic E-state index is 5.17. The van der Waals surface area contributed by atoms with E-state index in [1.165, 1.54) is 24.9 Å². The molecule has 3 heteroatoms. The van der Waals surface area contributed by atoms with Crippen LogP contribution in [0, 0.1) is 0 Å². The SMILES string of the molecule is CCN(CC)CCCC(C)NCc1ccc(OC)cc1. The highest BCUT2D eigenvalue weighted by Gasteiger charge is 2.04. The first kappa shape index (κ1) is 17.0. The molecular formula is C17H30N2O. The summed E-state index contributed by atoms with van der Waals surface area (Å²) in [5.41, 5.74) is 1.31. The van der Waals surface area contributed by atoms with E-state index in [1.807, 2.05) is 12.1 Å². The second kappa shape index (κ2) is 9.78. The highest BCUT2D eigenvalue weighted by Crippen LogP contribution is 2.11. The fourth-order valence-electron chi connectivity index (χ4n) is 2.30. The number of rotatable bonds is 10. The van der Waals surface area contributed by atoms with E-state index in [1.54, 1.807) is 7.11 Å². The van der Waals surface area contributed by atoms with E-state index in [-0.39, 0.29) is 0 Å². The van der Waals surface area contributed by atoms with Crippen molar-refractivity contribution < 1.29 is 4.74 Å². The third-order valence-electron chi connectivity index (χ3n) is 3.82. The molecule has 0 aromatic heterocycles. The Morgan fingerprint density at radius 1 is 1.15 bits per heavy atom. The summed E-state index contributed by atoms with van der Waals surface area (Å²) in [5.74, 6) is 0.918. The van der Waals surface area contributed by atoms with E-state index < -0.39 is 0 Å². The van der Waals surface area contributed by atoms with Crippen molar-refractivity contribution in [3.8, 4) is 5.75 Å². The summed E-state index contributed by atoms with van der Waals surface area (Å²) in [5, 5.41) is 3.59. The van der Waals surface area contributed by atoms with Gasteiger partial charge in [-0.05, 0) is 57.1 Å². The Bertz CT molecular complexity index is 347. The maximum Gasteiger partial charge on any atom is 0.118 e. The van der Waals surface area contributed by atoms with Gasteiger partial charge >= 0.3 is 0 Å². The number of ether oxygens (including phenoxy) is 1. The Labute approximate surface area is 124 Å². The second-order valence-corrected chi connectivity index (χ2v) is 5.30. The van der Waals surface area contributed by atoms with Crippen LogP contribution in [0.5, 0.6) is 5.75 Å². The van der Waals surface area contributed by atoms with Gasteiger partial charge in [-0.15, -0.1) is 0 Å². The highest BCUT2D eigenvalue weighted by atomic mass is 16.5. The van der Waals surface area contributed by atoms with Crippen molar-refractivity contribution in [2.75, 3.05) is 26.7 Å². The van der Waals surface area contributed by atoms with Crippen molar-refractivity contribution in [1.82, 2.24) is 10.2 Å². The fraction of sp³-hybridized carbons (Fsp3) is 0.647. The molecule has 3 nitrogen and oxygen atoms in total. The van der Waals surface area contributed by atoms with E-state index in [4.69, 9.17) is 4.74 Å². The molecule has 1 aromatic rings. The predicted octanol–water partition coefficient (Wildman–Crippen LogP) is 3.30. The van der Waals surface area contributed by atoms with Crippen LogP contribution in [-0.2, 0) is 6.54 Å². The smallest absolute Gasteiger partial charge is 0.118 e. The molecule has 0 heterocycles. The van der Waals surface area contributed by atoms with Crippen molar-refractivity contribution in [3.63, 3.8) is 0 Å². The molecule has 1 N–H and O–H groups in total. The Morgan fingerprint density at radius 2 is 1.80 bits per heavy atom. The quantitative estimate of drug-likeness (QED) is 0.711. The van der Waals surface area contributed by atoms with Crippen molar-refractivity contribution >= 4 is 0 Å². The zero-order valence-corrected chi connectivity index (χ0v) is 13.5. The third kappa shape index (κ3) is 6.40. The van der Waals surface area contributed by atoms with E-state index in [2.05, 4.69) is 43.1 Å². The molecule has 0 bridgehead atoms. The first-order valence-corrected chi connectivity index (χ1v) is 7.78. The van der Waals surface area contributed by atoms with Gasteiger partial charge in [-0.3, -0.25) is 0 Å². The minimum Gasteiger partial charge on any atom is -0.497 e. The van der Waals surface area contributed by atoms with Crippen molar-refractivity contribution in [3.05, 3.63) is 29.8 Å². The van der Waals surface area contributed by atoms with E-state index in [9.17, 15) is 0 Å². The van der Waals surface area contributed by atoms with Crippen molar-refractivity contribution in [2.45, 2.75) is 46.2 Å². The molecule has 20 heavy (non-hydrogen) atoms. The minimum absolute atomic E-state index is 0.563. The summed E-state index contributed by atoms with van der Waals surface area (Å²) in [6, 6.07) is 8.83. The van der Waals surface area contributed by atoms with Crippen LogP contribution in [0.1, 0.15) is 39.2 Å². The molecule has 0 aliphatic heterocycles. The molecule has 0 spiro atoms. The number of hydrogen-bond acceptors (Lipinski definition) is 3. The lowest BCUT2D eigenvalue weighted by Crippen LogP contribution is -2.28. The summed E-state index contributed by atoms with van der Waals surface area (Å²) in [4.78, 5) is 2.48. The summed E-state index contributed by atoms with van der Waals surface area (Å²) in [6.07, 6.45) is 2.49. The molecule has 0 aliphatic rings. The molecule has 1 unspecified atom stereocenters. The fourth-order valence-corrected chi connectivity index (χ4v) is 2.30. The third-order valence-corrected chi connectivity index (χ3v) is 3.82. The first-order valence-electron chi connectivity index (χ1n) is 7.78. The molecule has 0 saturated carbocycles. The molecule has 0 aliphatic carbocycles. The lowest BCUT2D eigenvalue weighted by molar-refractivity contribution is 0.290. The van der Waals surface area contributed by atoms with Crippen molar-refractivity contribution in [2.24, 2.45) is 0 Å². The van der Waals surface area contributed by atoms with Gasteiger partial charge in [-0.2, -0.15) is 0 Å². The van der Waals surface area contributed by atoms with E-state index in [0.29, 0.717) is 6.04 Å². The van der Waals surface area contributed by atoms with Crippen LogP contribution in [0.3, 0.4) is 0 Å². The summed E-state index contributed by atoms with van der Waals surface area (Å²) < 4.78 is 5.17. The molecule has 1 rings (SSSR count). The molecule has 1 atom stereocenters. The van der Waals surface area contributed by atoms with Gasteiger partial charge in [0.15, 0.2) is 0 Å². The van der Waals surface area contributed by atoms with Gasteiger partial charge in [0.2, 0.25) is 0 Å². The van der Waals surface area contributed by atoms with Crippen LogP contribution < -0.4 is 10.1 Å². The average Bonchev–Trinajstić information content (AvgIpc) is 2.50. The predicted molar refractivity (Wildman–Crippen MR) is 86.3 cm³/mol. The number of nitrogens with zero attached hydrogens (tertiary/aromatic N) is 1. The maximum absolute atomic E-state index is 5.17. The number of hydrogen-bond donors (Lipinski definition) is 1. The van der Waals surface area contributed by atoms with Gasteiger partial charge in [-0.1, -0.05) is 26.0 Å². The van der Waals surface area contributed by atoms with Crippen LogP contribution >= 0.6 is 0 Å². The monoisotopic (exact) mass is 278 g/mol. The van der Waals surface area contributed by atoms with E-state index >= 15 is 0 Å². The van der Waals surface area contributed by atoms with Gasteiger partial charge in [0.25, 0.3) is 0 Å². The normalized spacial score (nSPS) is 12.7. The van der Waals surface area contributed by atoms with Crippen LogP contribution in [0.4, 0.5) is 0 Å². The van der Waals surface area contributed by atoms with Gasteiger partial charge in [0.1, 0.15) is 5.75 Å². The van der Waals surface area contributed by atoms with Crippen LogP contribution in [0.2, 0.25) is 0 Å². The molecule has 0 radical (unpaired) electrons. The second-order valence-electron chi connectivity index (χ2n) is 5.30. The molecule has 114 valence electrons. The highest BCUT2D eigenvalue weighted by molar-refractivity contribution is 5.27. The Morgan fingerprint density at radius 3 is 2.35 bits per heavy atom. The number of nitrogens with one attached hydrogen (secondary N) is 1. The zero-order valence-electron chi connectivity index (χ0n) is 13.5. The molecule has 0 saturated heterocycles. The van der Waals surface area contributed by atoms with Crippen molar-refractivity contribution in [1.29, 1.82) is 0 Å². The zero-order chi connectivity index (χ0) is 14.8. The summed E-state index contributed by atoms with van der Waals surface area (Å²) in [6.45, 7) is 11.2. The average molecular weight is 278 g/mol. The van der Waals surface area contributed by atoms with E-state index in [0.717, 1.165) is 25.4 Å². The topological polar surface area (TPSA) is 24.5 Å². The number of methoxy groups -OCH3 is 1. The minimum atomic E-state index is 0.563. The Kier molecular flexibility index (Phi) is 8.31. The van der Waals surface area contributed by atoms with Gasteiger partial charge < -0.3 is 15.0 Å². The summed E-state index contributed by atoms with van der Waals surface area (Å²) >= 11 is 0. The number of benzene rings is 1. The largest absolute Gasteiger partial charge is 0.497 e. The molecular weight excluding hydrogens is 248 g/mol. The lowest BCUT2D eigenvalue weighted by atomic mass is 10.1. The standard InChI is InChI=1S/C17H30N2O/c1-5-19(6-2)13-7-8-15(3)18-14-16-9-11-17(20-4)12-10-16/h9-12,15,18H,5-8,13-14H2,1-4H3. The Balaban J connectivity index is 2.20. The van der Waals surface area contributed by atoms with Crippen LogP contribution in [-0.4, -0.2) is 37.7 Å². The summed E-state index contributed by atoms with van der Waals surface area (Å²) in [7, 11) is 1.70. The molecule has 0 amide bonds. The first-order chi connectivity index (χ1) is 9.69. The van der Waals surface area contributed by atoms with Crippen LogP contribution in [0.25, 0.3) is 0 Å². The van der Waals surface area contributed by atoms with Gasteiger partial charge in [-0.25, -0.2) is 0 Å². The molecule has 1 aromatic carbocycles. The molecule has 0 fully saturated rings. The lowest BCUT2D eigenvalue weighted by Gasteiger charge is -2.19. The van der Waals surface area contributed by atoms with Gasteiger partial charge in [0, 0.05) is 12.6 Å². The Hall–Kier alpha value is -1.06.